The minimum atomic E-state index is -1.10. The van der Waals surface area contributed by atoms with Crippen LogP contribution in [0.2, 0.25) is 0 Å². The van der Waals surface area contributed by atoms with Crippen molar-refractivity contribution in [2.24, 2.45) is 0 Å². The molecular weight excluding hydrogens is 317 g/mol. The third kappa shape index (κ3) is 2.90. The summed E-state index contributed by atoms with van der Waals surface area (Å²) in [6.07, 6.45) is 13.0. The number of rotatable bonds is 3. The molecule has 1 fully saturated rings. The number of hydrogen-bond acceptors (Lipinski definition) is 3. The first-order chi connectivity index (χ1) is 12.2. The van der Waals surface area contributed by atoms with Crippen LogP contribution in [0.1, 0.15) is 47.4 Å². The molecule has 0 aliphatic heterocycles. The number of ether oxygens (including phenoxy) is 1. The quantitative estimate of drug-likeness (QED) is 0.798. The summed E-state index contributed by atoms with van der Waals surface area (Å²) in [6.45, 7) is 2.09. The highest BCUT2D eigenvalue weighted by Gasteiger charge is 2.32. The number of aromatic nitrogens is 1. The zero-order valence-electron chi connectivity index (χ0n) is 14.0. The fourth-order valence-electron chi connectivity index (χ4n) is 3.19. The van der Waals surface area contributed by atoms with E-state index in [1.807, 2.05) is 12.2 Å². The SMILES string of the molecule is CCOC(=O)c1c(C2CC2)nc2c(c1=C1C=CC(F)C=C1)=C=CC=C2. The van der Waals surface area contributed by atoms with E-state index in [-0.39, 0.29) is 11.9 Å². The first kappa shape index (κ1) is 15.8. The molecule has 0 spiro atoms. The zero-order valence-corrected chi connectivity index (χ0v) is 14.0. The summed E-state index contributed by atoms with van der Waals surface area (Å²) in [4.78, 5) is 17.5. The van der Waals surface area contributed by atoms with Gasteiger partial charge in [0.05, 0.1) is 28.8 Å². The molecule has 0 saturated heterocycles. The number of hydrogen-bond donors (Lipinski definition) is 0. The second kappa shape index (κ2) is 6.30. The molecule has 126 valence electrons. The second-order valence-electron chi connectivity index (χ2n) is 6.29. The van der Waals surface area contributed by atoms with Crippen LogP contribution in [0.5, 0.6) is 0 Å². The van der Waals surface area contributed by atoms with Gasteiger partial charge in [0.2, 0.25) is 0 Å². The molecule has 3 aliphatic rings. The zero-order chi connectivity index (χ0) is 17.4. The highest BCUT2D eigenvalue weighted by Crippen LogP contribution is 2.40. The van der Waals surface area contributed by atoms with E-state index in [0.717, 1.165) is 40.2 Å². The number of esters is 1. The highest BCUT2D eigenvalue weighted by atomic mass is 19.1. The number of carbonyl (C=O) groups excluding carboxylic acids is 1. The van der Waals surface area contributed by atoms with Crippen molar-refractivity contribution in [1.82, 2.24) is 4.98 Å². The van der Waals surface area contributed by atoms with Gasteiger partial charge in [-0.3, -0.25) is 4.98 Å². The second-order valence-corrected chi connectivity index (χ2v) is 6.29. The van der Waals surface area contributed by atoms with E-state index >= 15 is 0 Å². The molecule has 3 nitrogen and oxygen atoms in total. The van der Waals surface area contributed by atoms with Gasteiger partial charge in [-0.2, -0.15) is 0 Å². The lowest BCUT2D eigenvalue weighted by Crippen LogP contribution is -2.38. The van der Waals surface area contributed by atoms with E-state index in [1.165, 1.54) is 12.2 Å². The Morgan fingerprint density at radius 2 is 2.08 bits per heavy atom. The predicted octanol–water partition coefficient (Wildman–Crippen LogP) is 2.71. The number of fused-ring (bicyclic) bond motifs is 1. The fraction of sp³-hybridized carbons (Fsp3) is 0.286. The fourth-order valence-corrected chi connectivity index (χ4v) is 3.19. The van der Waals surface area contributed by atoms with Crippen LogP contribution in [0.15, 0.2) is 36.5 Å². The average molecular weight is 335 g/mol. The van der Waals surface area contributed by atoms with Crippen LogP contribution in [0, 0.1) is 0 Å². The van der Waals surface area contributed by atoms with Gasteiger partial charge in [-0.15, -0.1) is 5.73 Å². The van der Waals surface area contributed by atoms with Crippen LogP contribution < -0.4 is 10.4 Å². The van der Waals surface area contributed by atoms with Crippen LogP contribution in [-0.2, 0) is 4.74 Å². The third-order valence-corrected chi connectivity index (χ3v) is 4.48. The molecule has 1 aromatic rings. The van der Waals surface area contributed by atoms with Crippen molar-refractivity contribution in [1.29, 1.82) is 0 Å². The van der Waals surface area contributed by atoms with Crippen LogP contribution >= 0.6 is 0 Å². The minimum absolute atomic E-state index is 0.286. The van der Waals surface area contributed by atoms with Crippen LogP contribution in [0.3, 0.4) is 0 Å². The largest absolute Gasteiger partial charge is 0.462 e. The number of halogens is 1. The molecule has 0 aromatic carbocycles. The summed E-state index contributed by atoms with van der Waals surface area (Å²) in [5.74, 6) is -0.0865. The lowest BCUT2D eigenvalue weighted by atomic mass is 9.96. The Labute approximate surface area is 145 Å². The van der Waals surface area contributed by atoms with Crippen molar-refractivity contribution >= 4 is 23.3 Å². The maximum atomic E-state index is 13.5. The molecule has 1 aromatic heterocycles. The van der Waals surface area contributed by atoms with Gasteiger partial charge in [0.15, 0.2) is 0 Å². The van der Waals surface area contributed by atoms with Crippen LogP contribution in [0.25, 0.3) is 17.4 Å². The third-order valence-electron chi connectivity index (χ3n) is 4.48. The van der Waals surface area contributed by atoms with E-state index in [9.17, 15) is 9.18 Å². The Kier molecular flexibility index (Phi) is 3.98. The minimum Gasteiger partial charge on any atom is -0.462 e. The summed E-state index contributed by atoms with van der Waals surface area (Å²) in [5, 5.41) is 1.50. The number of alkyl halides is 1. The van der Waals surface area contributed by atoms with Gasteiger partial charge in [-0.05, 0) is 49.6 Å². The summed E-state index contributed by atoms with van der Waals surface area (Å²) in [5.41, 5.74) is 6.07. The van der Waals surface area contributed by atoms with Crippen molar-refractivity contribution in [2.75, 3.05) is 6.61 Å². The number of nitrogens with zero attached hydrogens (tertiary/aromatic N) is 1. The Balaban J connectivity index is 2.12. The summed E-state index contributed by atoms with van der Waals surface area (Å²) < 4.78 is 18.8. The van der Waals surface area contributed by atoms with E-state index in [4.69, 9.17) is 9.72 Å². The first-order valence-electron chi connectivity index (χ1n) is 8.58. The van der Waals surface area contributed by atoms with Gasteiger partial charge in [0.1, 0.15) is 6.17 Å². The standard InChI is InChI=1S/C21H18FNO2/c1-2-25-21(24)19-18(13-9-11-15(22)12-10-13)16-5-3-4-6-17(16)23-20(19)14-7-8-14/h3-4,6,9-12,14-15H,2,7-8H2,1H3. The summed E-state index contributed by atoms with van der Waals surface area (Å²) >= 11 is 0. The van der Waals surface area contributed by atoms with Gasteiger partial charge in [-0.1, -0.05) is 18.2 Å². The molecule has 25 heavy (non-hydrogen) atoms. The Bertz CT molecular complexity index is 974. The molecule has 1 saturated carbocycles. The molecule has 4 heteroatoms. The summed E-state index contributed by atoms with van der Waals surface area (Å²) in [7, 11) is 0. The van der Waals surface area contributed by atoms with Crippen LogP contribution in [-0.4, -0.2) is 23.7 Å². The van der Waals surface area contributed by atoms with E-state index in [1.54, 1.807) is 25.2 Å². The molecule has 1 heterocycles. The molecule has 0 atom stereocenters. The Hall–Kier alpha value is -2.71. The molecular formula is C21H18FNO2. The molecule has 0 N–H and O–H groups in total. The normalized spacial score (nSPS) is 20.4. The predicted molar refractivity (Wildman–Crippen MR) is 95.0 cm³/mol. The number of allylic oxidation sites excluding steroid dienone is 6. The maximum absolute atomic E-state index is 13.5. The number of pyridine rings is 1. The maximum Gasteiger partial charge on any atom is 0.340 e. The molecule has 4 rings (SSSR count). The van der Waals surface area contributed by atoms with Gasteiger partial charge in [0, 0.05) is 11.1 Å². The number of carbonyl (C=O) groups is 1. The van der Waals surface area contributed by atoms with Crippen molar-refractivity contribution in [3.8, 4) is 0 Å². The van der Waals surface area contributed by atoms with Gasteiger partial charge in [0.25, 0.3) is 0 Å². The van der Waals surface area contributed by atoms with Crippen molar-refractivity contribution in [3.05, 3.63) is 63.8 Å². The lowest BCUT2D eigenvalue weighted by Gasteiger charge is -2.14. The smallest absolute Gasteiger partial charge is 0.340 e. The average Bonchev–Trinajstić information content (AvgIpc) is 3.46. The van der Waals surface area contributed by atoms with E-state index < -0.39 is 6.17 Å². The lowest BCUT2D eigenvalue weighted by molar-refractivity contribution is 0.0523. The monoisotopic (exact) mass is 335 g/mol. The molecule has 0 bridgehead atoms. The van der Waals surface area contributed by atoms with Crippen molar-refractivity contribution in [2.45, 2.75) is 31.9 Å². The molecule has 0 amide bonds. The van der Waals surface area contributed by atoms with Crippen molar-refractivity contribution in [3.63, 3.8) is 0 Å². The Morgan fingerprint density at radius 3 is 2.76 bits per heavy atom. The Morgan fingerprint density at radius 1 is 1.32 bits per heavy atom. The van der Waals surface area contributed by atoms with E-state index in [2.05, 4.69) is 5.73 Å². The summed E-state index contributed by atoms with van der Waals surface area (Å²) in [6, 6.07) is 0. The topological polar surface area (TPSA) is 39.2 Å². The molecule has 0 unspecified atom stereocenters. The molecule has 3 aliphatic carbocycles. The first-order valence-corrected chi connectivity index (χ1v) is 8.58. The van der Waals surface area contributed by atoms with Crippen molar-refractivity contribution < 1.29 is 13.9 Å². The van der Waals surface area contributed by atoms with Gasteiger partial charge < -0.3 is 4.74 Å². The van der Waals surface area contributed by atoms with Crippen LogP contribution in [0.4, 0.5) is 4.39 Å². The highest BCUT2D eigenvalue weighted by molar-refractivity contribution is 5.93. The van der Waals surface area contributed by atoms with Gasteiger partial charge in [-0.25, -0.2) is 9.18 Å². The van der Waals surface area contributed by atoms with Gasteiger partial charge >= 0.3 is 5.97 Å². The molecule has 0 radical (unpaired) electrons. The van der Waals surface area contributed by atoms with E-state index in [0.29, 0.717) is 12.2 Å².